The van der Waals surface area contributed by atoms with Crippen molar-refractivity contribution in [1.29, 1.82) is 0 Å². The van der Waals surface area contributed by atoms with E-state index in [1.165, 1.54) is 4.90 Å². The number of likely N-dealkylation sites (tertiary alicyclic amines) is 1. The smallest absolute Gasteiger partial charge is 0.295 e. The molecule has 0 aromatic heterocycles. The number of aliphatic hydroxyl groups excluding tert-OH is 1. The summed E-state index contributed by atoms with van der Waals surface area (Å²) in [7, 11) is 1.59. The molecule has 6 heteroatoms. The van der Waals surface area contributed by atoms with Gasteiger partial charge in [0.15, 0.2) is 0 Å². The molecule has 1 aliphatic rings. The van der Waals surface area contributed by atoms with Crippen LogP contribution in [0.3, 0.4) is 0 Å². The molecule has 4 rings (SSSR count). The van der Waals surface area contributed by atoms with Crippen molar-refractivity contribution >= 4 is 33.4 Å². The van der Waals surface area contributed by atoms with Crippen molar-refractivity contribution in [2.45, 2.75) is 19.5 Å². The van der Waals surface area contributed by atoms with Crippen LogP contribution in [-0.4, -0.2) is 28.8 Å². The summed E-state index contributed by atoms with van der Waals surface area (Å²) in [6, 6.07) is 21.3. The number of aryl methyl sites for hydroxylation is 1. The number of Topliss-reactive ketones (excluding diaryl/α,β-unsaturated/α-hetero) is 1. The third-order valence-corrected chi connectivity index (χ3v) is 6.49. The van der Waals surface area contributed by atoms with Crippen LogP contribution in [0.15, 0.2) is 82.8 Å². The molecule has 1 heterocycles. The van der Waals surface area contributed by atoms with Gasteiger partial charge in [-0.15, -0.1) is 0 Å². The van der Waals surface area contributed by atoms with Crippen molar-refractivity contribution in [2.24, 2.45) is 0 Å². The lowest BCUT2D eigenvalue weighted by molar-refractivity contribution is -0.140. The van der Waals surface area contributed by atoms with Gasteiger partial charge in [0.05, 0.1) is 18.7 Å². The molecular weight excluding hydrogens is 470 g/mol. The number of ketones is 1. The predicted molar refractivity (Wildman–Crippen MR) is 126 cm³/mol. The molecule has 1 N–H and O–H groups in total. The number of aliphatic hydroxyl groups is 1. The molecule has 5 nitrogen and oxygen atoms in total. The minimum absolute atomic E-state index is 0.0939. The number of halogens is 1. The van der Waals surface area contributed by atoms with E-state index in [1.54, 1.807) is 19.2 Å². The standard InChI is InChI=1S/C26H22BrNO4/c1-16-14-19(10-13-21(16)27)24(29)22-23(18-6-4-3-5-7-18)28(26(31)25(22)30)15-17-8-11-20(32-2)12-9-17/h3-14,23,29H,15H2,1-2H3/b24-22-. The average molecular weight is 492 g/mol. The molecule has 0 aliphatic carbocycles. The van der Waals surface area contributed by atoms with Crippen LogP contribution in [0.5, 0.6) is 5.75 Å². The summed E-state index contributed by atoms with van der Waals surface area (Å²) in [4.78, 5) is 27.7. The number of rotatable bonds is 5. The summed E-state index contributed by atoms with van der Waals surface area (Å²) in [5.74, 6) is -0.790. The minimum atomic E-state index is -0.692. The summed E-state index contributed by atoms with van der Waals surface area (Å²) in [5.41, 5.74) is 3.12. The third-order valence-electron chi connectivity index (χ3n) is 5.60. The Morgan fingerprint density at radius 1 is 1.03 bits per heavy atom. The van der Waals surface area contributed by atoms with Gasteiger partial charge in [-0.25, -0.2) is 0 Å². The van der Waals surface area contributed by atoms with Crippen LogP contribution in [0.1, 0.15) is 28.3 Å². The largest absolute Gasteiger partial charge is 0.507 e. The number of benzene rings is 3. The molecule has 3 aromatic carbocycles. The van der Waals surface area contributed by atoms with Gasteiger partial charge in [-0.2, -0.15) is 0 Å². The predicted octanol–water partition coefficient (Wildman–Crippen LogP) is 5.39. The Kier molecular flexibility index (Phi) is 6.15. The van der Waals surface area contributed by atoms with Crippen LogP contribution in [0.2, 0.25) is 0 Å². The fraction of sp³-hybridized carbons (Fsp3) is 0.154. The quantitative estimate of drug-likeness (QED) is 0.295. The van der Waals surface area contributed by atoms with Gasteiger partial charge in [-0.1, -0.05) is 64.5 Å². The minimum Gasteiger partial charge on any atom is -0.507 e. The van der Waals surface area contributed by atoms with Crippen LogP contribution < -0.4 is 4.74 Å². The Balaban J connectivity index is 1.82. The molecule has 3 aromatic rings. The van der Waals surface area contributed by atoms with Crippen LogP contribution in [0.4, 0.5) is 0 Å². The molecule has 1 unspecified atom stereocenters. The van der Waals surface area contributed by atoms with Crippen LogP contribution in [-0.2, 0) is 16.1 Å². The maximum atomic E-state index is 13.1. The molecule has 0 bridgehead atoms. The number of hydrogen-bond acceptors (Lipinski definition) is 4. The zero-order valence-electron chi connectivity index (χ0n) is 17.7. The topological polar surface area (TPSA) is 66.8 Å². The van der Waals surface area contributed by atoms with Crippen molar-refractivity contribution in [3.05, 3.63) is 105 Å². The third kappa shape index (κ3) is 4.06. The van der Waals surface area contributed by atoms with E-state index >= 15 is 0 Å². The van der Waals surface area contributed by atoms with E-state index in [4.69, 9.17) is 4.74 Å². The van der Waals surface area contributed by atoms with E-state index in [1.807, 2.05) is 67.6 Å². The van der Waals surface area contributed by atoms with E-state index in [0.717, 1.165) is 21.2 Å². The summed E-state index contributed by atoms with van der Waals surface area (Å²) >= 11 is 3.45. The zero-order chi connectivity index (χ0) is 22.8. The Morgan fingerprint density at radius 3 is 2.34 bits per heavy atom. The molecule has 32 heavy (non-hydrogen) atoms. The van der Waals surface area contributed by atoms with Crippen molar-refractivity contribution < 1.29 is 19.4 Å². The number of ether oxygens (including phenoxy) is 1. The first-order chi connectivity index (χ1) is 15.4. The second kappa shape index (κ2) is 9.01. The molecular formula is C26H22BrNO4. The maximum Gasteiger partial charge on any atom is 0.295 e. The Bertz CT molecular complexity index is 1200. The maximum absolute atomic E-state index is 13.1. The summed E-state index contributed by atoms with van der Waals surface area (Å²) in [6.07, 6.45) is 0. The first-order valence-corrected chi connectivity index (χ1v) is 10.9. The molecule has 1 saturated heterocycles. The van der Waals surface area contributed by atoms with Gasteiger partial charge < -0.3 is 14.7 Å². The SMILES string of the molecule is COc1ccc(CN2C(=O)C(=O)/C(=C(\O)c3ccc(Br)c(C)c3)C2c2ccccc2)cc1. The molecule has 1 aliphatic heterocycles. The highest BCUT2D eigenvalue weighted by Crippen LogP contribution is 2.40. The van der Waals surface area contributed by atoms with Gasteiger partial charge >= 0.3 is 0 Å². The van der Waals surface area contributed by atoms with Crippen LogP contribution in [0.25, 0.3) is 5.76 Å². The fourth-order valence-electron chi connectivity index (χ4n) is 3.90. The van der Waals surface area contributed by atoms with Crippen molar-refractivity contribution in [3.63, 3.8) is 0 Å². The number of amides is 1. The number of carbonyl (C=O) groups excluding carboxylic acids is 2. The van der Waals surface area contributed by atoms with Crippen LogP contribution >= 0.6 is 15.9 Å². The first kappa shape index (κ1) is 21.8. The van der Waals surface area contributed by atoms with Crippen molar-refractivity contribution in [1.82, 2.24) is 4.90 Å². The van der Waals surface area contributed by atoms with Crippen molar-refractivity contribution in [2.75, 3.05) is 7.11 Å². The molecule has 1 atom stereocenters. The lowest BCUT2D eigenvalue weighted by Crippen LogP contribution is -2.29. The Hall–Kier alpha value is -3.38. The highest BCUT2D eigenvalue weighted by molar-refractivity contribution is 9.10. The van der Waals surface area contributed by atoms with Gasteiger partial charge in [0.1, 0.15) is 11.5 Å². The van der Waals surface area contributed by atoms with Gasteiger partial charge in [-0.3, -0.25) is 9.59 Å². The molecule has 1 fully saturated rings. The van der Waals surface area contributed by atoms with Gasteiger partial charge in [0.25, 0.3) is 11.7 Å². The Labute approximate surface area is 195 Å². The zero-order valence-corrected chi connectivity index (χ0v) is 19.3. The Morgan fingerprint density at radius 2 is 1.72 bits per heavy atom. The monoisotopic (exact) mass is 491 g/mol. The van der Waals surface area contributed by atoms with E-state index < -0.39 is 17.7 Å². The van der Waals surface area contributed by atoms with E-state index in [9.17, 15) is 14.7 Å². The summed E-state index contributed by atoms with van der Waals surface area (Å²) in [5, 5.41) is 11.2. The first-order valence-electron chi connectivity index (χ1n) is 10.1. The molecule has 0 saturated carbocycles. The molecule has 1 amide bonds. The molecule has 0 radical (unpaired) electrons. The van der Waals surface area contributed by atoms with E-state index in [0.29, 0.717) is 11.3 Å². The number of methoxy groups -OCH3 is 1. The van der Waals surface area contributed by atoms with E-state index in [2.05, 4.69) is 15.9 Å². The highest BCUT2D eigenvalue weighted by Gasteiger charge is 2.46. The van der Waals surface area contributed by atoms with Crippen molar-refractivity contribution in [3.8, 4) is 5.75 Å². The van der Waals surface area contributed by atoms with Crippen LogP contribution in [0, 0.1) is 6.92 Å². The van der Waals surface area contributed by atoms with Gasteiger partial charge in [-0.05, 0) is 47.9 Å². The second-order valence-electron chi connectivity index (χ2n) is 7.65. The highest BCUT2D eigenvalue weighted by atomic mass is 79.9. The van der Waals surface area contributed by atoms with Gasteiger partial charge in [0, 0.05) is 16.6 Å². The van der Waals surface area contributed by atoms with Gasteiger partial charge in [0.2, 0.25) is 0 Å². The lowest BCUT2D eigenvalue weighted by Gasteiger charge is -2.25. The summed E-state index contributed by atoms with van der Waals surface area (Å²) in [6.45, 7) is 2.13. The average Bonchev–Trinajstić information content (AvgIpc) is 3.06. The number of carbonyl (C=O) groups is 2. The van der Waals surface area contributed by atoms with E-state index in [-0.39, 0.29) is 17.9 Å². The fourth-order valence-corrected chi connectivity index (χ4v) is 4.15. The second-order valence-corrected chi connectivity index (χ2v) is 8.50. The lowest BCUT2D eigenvalue weighted by atomic mass is 9.95. The normalized spacial score (nSPS) is 17.6. The number of nitrogens with zero attached hydrogens (tertiary/aromatic N) is 1. The number of hydrogen-bond donors (Lipinski definition) is 1. The summed E-state index contributed by atoms with van der Waals surface area (Å²) < 4.78 is 6.10. The molecule has 162 valence electrons. The molecule has 0 spiro atoms.